The van der Waals surface area contributed by atoms with Crippen LogP contribution >= 0.6 is 15.9 Å². The molecule has 0 fully saturated rings. The van der Waals surface area contributed by atoms with E-state index in [1.54, 1.807) is 18.2 Å². The summed E-state index contributed by atoms with van der Waals surface area (Å²) in [7, 11) is 0. The van der Waals surface area contributed by atoms with Gasteiger partial charge in [-0.2, -0.15) is 10.5 Å². The Bertz CT molecular complexity index is 681. The maximum atomic E-state index is 8.84. The van der Waals surface area contributed by atoms with Crippen LogP contribution in [0.1, 0.15) is 16.7 Å². The van der Waals surface area contributed by atoms with Gasteiger partial charge in [-0.15, -0.1) is 0 Å². The minimum Gasteiger partial charge on any atom is -0.380 e. The summed E-state index contributed by atoms with van der Waals surface area (Å²) in [6, 6.07) is 17.1. The molecule has 2 aromatic rings. The molecule has 2 rings (SSSR count). The van der Waals surface area contributed by atoms with E-state index in [9.17, 15) is 0 Å². The molecule has 0 spiro atoms. The summed E-state index contributed by atoms with van der Waals surface area (Å²) in [5, 5.41) is 20.9. The summed E-state index contributed by atoms with van der Waals surface area (Å²) in [5.74, 6) is 0. The molecule has 1 N–H and O–H groups in total. The molecule has 0 aromatic heterocycles. The largest absolute Gasteiger partial charge is 0.380 e. The third kappa shape index (κ3) is 3.34. The van der Waals surface area contributed by atoms with E-state index in [-0.39, 0.29) is 0 Å². The van der Waals surface area contributed by atoms with E-state index >= 15 is 0 Å². The minimum absolute atomic E-state index is 0.615. The lowest BCUT2D eigenvalue weighted by Gasteiger charge is -2.09. The van der Waals surface area contributed by atoms with Crippen molar-refractivity contribution in [3.05, 3.63) is 63.6 Å². The lowest BCUT2D eigenvalue weighted by molar-refractivity contribution is 1.14. The van der Waals surface area contributed by atoms with E-state index in [0.717, 1.165) is 15.7 Å². The highest BCUT2D eigenvalue weighted by Gasteiger charge is 2.01. The SMILES string of the molecule is N#Cc1cccc(CNc2ccc(C#N)cc2Br)c1. The number of halogens is 1. The summed E-state index contributed by atoms with van der Waals surface area (Å²) in [6.07, 6.45) is 0. The van der Waals surface area contributed by atoms with Gasteiger partial charge in [0.25, 0.3) is 0 Å². The van der Waals surface area contributed by atoms with Crippen molar-refractivity contribution in [2.24, 2.45) is 0 Å². The van der Waals surface area contributed by atoms with E-state index in [0.29, 0.717) is 17.7 Å². The monoisotopic (exact) mass is 311 g/mol. The van der Waals surface area contributed by atoms with Crippen LogP contribution < -0.4 is 5.32 Å². The number of anilines is 1. The molecule has 4 heteroatoms. The number of nitrogens with one attached hydrogen (secondary N) is 1. The van der Waals surface area contributed by atoms with E-state index in [2.05, 4.69) is 33.4 Å². The second-order valence-electron chi connectivity index (χ2n) is 3.97. The lowest BCUT2D eigenvalue weighted by atomic mass is 10.1. The fourth-order valence-corrected chi connectivity index (χ4v) is 2.20. The standard InChI is InChI=1S/C15H10BrN3/c16-14-7-12(9-18)4-5-15(14)19-10-13-3-1-2-11(6-13)8-17/h1-7,19H,10H2. The Morgan fingerprint density at radius 3 is 2.42 bits per heavy atom. The van der Waals surface area contributed by atoms with Gasteiger partial charge in [-0.3, -0.25) is 0 Å². The van der Waals surface area contributed by atoms with Crippen LogP contribution in [0.4, 0.5) is 5.69 Å². The number of benzene rings is 2. The molecule has 0 amide bonds. The van der Waals surface area contributed by atoms with Gasteiger partial charge < -0.3 is 5.32 Å². The second kappa shape index (κ2) is 6.04. The number of hydrogen-bond acceptors (Lipinski definition) is 3. The van der Waals surface area contributed by atoms with Crippen LogP contribution in [0.15, 0.2) is 46.9 Å². The Balaban J connectivity index is 2.11. The molecule has 0 saturated heterocycles. The molecule has 0 saturated carbocycles. The minimum atomic E-state index is 0.615. The maximum absolute atomic E-state index is 8.84. The van der Waals surface area contributed by atoms with Crippen molar-refractivity contribution < 1.29 is 0 Å². The van der Waals surface area contributed by atoms with Crippen LogP contribution in [0.2, 0.25) is 0 Å². The molecule has 0 aliphatic heterocycles. The molecular weight excluding hydrogens is 302 g/mol. The molecule has 92 valence electrons. The van der Waals surface area contributed by atoms with Gasteiger partial charge in [-0.25, -0.2) is 0 Å². The highest BCUT2D eigenvalue weighted by Crippen LogP contribution is 2.24. The molecule has 0 aliphatic rings. The van der Waals surface area contributed by atoms with Crippen LogP contribution in [0.25, 0.3) is 0 Å². The van der Waals surface area contributed by atoms with E-state index < -0.39 is 0 Å². The summed E-state index contributed by atoms with van der Waals surface area (Å²) < 4.78 is 0.850. The third-order valence-corrected chi connectivity index (χ3v) is 3.29. The highest BCUT2D eigenvalue weighted by molar-refractivity contribution is 9.10. The van der Waals surface area contributed by atoms with Crippen molar-refractivity contribution in [2.75, 3.05) is 5.32 Å². The normalized spacial score (nSPS) is 9.42. The first-order valence-electron chi connectivity index (χ1n) is 5.65. The molecule has 3 nitrogen and oxygen atoms in total. The Labute approximate surface area is 120 Å². The molecule has 0 atom stereocenters. The predicted molar refractivity (Wildman–Crippen MR) is 77.3 cm³/mol. The van der Waals surface area contributed by atoms with Gasteiger partial charge >= 0.3 is 0 Å². The van der Waals surface area contributed by atoms with E-state index in [1.807, 2.05) is 24.3 Å². The second-order valence-corrected chi connectivity index (χ2v) is 4.83. The van der Waals surface area contributed by atoms with Gasteiger partial charge in [-0.1, -0.05) is 12.1 Å². The fraction of sp³-hybridized carbons (Fsp3) is 0.0667. The molecule has 2 aromatic carbocycles. The first kappa shape index (κ1) is 13.1. The van der Waals surface area contributed by atoms with Gasteiger partial charge in [0.05, 0.1) is 23.3 Å². The molecular formula is C15H10BrN3. The summed E-state index contributed by atoms with van der Waals surface area (Å²) in [5.41, 5.74) is 3.22. The molecule has 0 heterocycles. The lowest BCUT2D eigenvalue weighted by Crippen LogP contribution is -2.00. The fourth-order valence-electron chi connectivity index (χ4n) is 1.68. The van der Waals surface area contributed by atoms with Crippen molar-refractivity contribution in [3.63, 3.8) is 0 Å². The average Bonchev–Trinajstić information content (AvgIpc) is 2.46. The average molecular weight is 312 g/mol. The number of nitrogens with zero attached hydrogens (tertiary/aromatic N) is 2. The summed E-state index contributed by atoms with van der Waals surface area (Å²) >= 11 is 3.42. The van der Waals surface area contributed by atoms with Crippen molar-refractivity contribution in [1.82, 2.24) is 0 Å². The van der Waals surface area contributed by atoms with Gasteiger partial charge in [0.1, 0.15) is 0 Å². The molecule has 0 bridgehead atoms. The van der Waals surface area contributed by atoms with Gasteiger partial charge in [0.15, 0.2) is 0 Å². The van der Waals surface area contributed by atoms with Crippen molar-refractivity contribution >= 4 is 21.6 Å². The molecule has 0 unspecified atom stereocenters. The smallest absolute Gasteiger partial charge is 0.0992 e. The first-order valence-corrected chi connectivity index (χ1v) is 6.45. The zero-order valence-corrected chi connectivity index (χ0v) is 11.6. The number of nitriles is 2. The Kier molecular flexibility index (Phi) is 4.18. The van der Waals surface area contributed by atoms with Crippen LogP contribution in [0.5, 0.6) is 0 Å². The topological polar surface area (TPSA) is 59.6 Å². The highest BCUT2D eigenvalue weighted by atomic mass is 79.9. The van der Waals surface area contributed by atoms with Crippen molar-refractivity contribution in [1.29, 1.82) is 10.5 Å². The van der Waals surface area contributed by atoms with Gasteiger partial charge in [0, 0.05) is 16.7 Å². The Morgan fingerprint density at radius 1 is 1.00 bits per heavy atom. The van der Waals surface area contributed by atoms with Crippen LogP contribution in [-0.4, -0.2) is 0 Å². The van der Waals surface area contributed by atoms with E-state index in [1.165, 1.54) is 0 Å². The molecule has 0 radical (unpaired) electrons. The number of rotatable bonds is 3. The predicted octanol–water partition coefficient (Wildman–Crippen LogP) is 3.80. The Hall–Kier alpha value is -2.30. The summed E-state index contributed by atoms with van der Waals surface area (Å²) in [6.45, 7) is 0.625. The Morgan fingerprint density at radius 2 is 1.74 bits per heavy atom. The van der Waals surface area contributed by atoms with Crippen LogP contribution in [-0.2, 0) is 6.54 Å². The first-order chi connectivity index (χ1) is 9.22. The third-order valence-electron chi connectivity index (χ3n) is 2.64. The van der Waals surface area contributed by atoms with Crippen LogP contribution in [0, 0.1) is 22.7 Å². The van der Waals surface area contributed by atoms with Gasteiger partial charge in [0.2, 0.25) is 0 Å². The van der Waals surface area contributed by atoms with E-state index in [4.69, 9.17) is 10.5 Å². The summed E-state index contributed by atoms with van der Waals surface area (Å²) in [4.78, 5) is 0. The number of hydrogen-bond donors (Lipinski definition) is 1. The molecule has 0 aliphatic carbocycles. The zero-order chi connectivity index (χ0) is 13.7. The quantitative estimate of drug-likeness (QED) is 0.937. The van der Waals surface area contributed by atoms with Crippen LogP contribution in [0.3, 0.4) is 0 Å². The molecule has 19 heavy (non-hydrogen) atoms. The van der Waals surface area contributed by atoms with Crippen molar-refractivity contribution in [3.8, 4) is 12.1 Å². The van der Waals surface area contributed by atoms with Crippen molar-refractivity contribution in [2.45, 2.75) is 6.54 Å². The maximum Gasteiger partial charge on any atom is 0.0992 e. The zero-order valence-electron chi connectivity index (χ0n) is 10.0. The van der Waals surface area contributed by atoms with Gasteiger partial charge in [-0.05, 0) is 51.8 Å².